The van der Waals surface area contributed by atoms with Gasteiger partial charge in [0.05, 0.1) is 0 Å². The summed E-state index contributed by atoms with van der Waals surface area (Å²) in [6, 6.07) is -1.36. The summed E-state index contributed by atoms with van der Waals surface area (Å²) in [6.07, 6.45) is 0.425. The van der Waals surface area contributed by atoms with Gasteiger partial charge in [0.1, 0.15) is 12.1 Å². The summed E-state index contributed by atoms with van der Waals surface area (Å²) in [4.78, 5) is 20.8. The molecule has 0 rings (SSSR count). The maximum atomic E-state index is 10.4. The summed E-state index contributed by atoms with van der Waals surface area (Å²) in [5.41, 5.74) is 5.31. The van der Waals surface area contributed by atoms with Crippen molar-refractivity contribution in [3.05, 3.63) is 0 Å². The van der Waals surface area contributed by atoms with Crippen LogP contribution < -0.4 is 11.1 Å². The lowest BCUT2D eigenvalue weighted by atomic mass is 10.2. The van der Waals surface area contributed by atoms with Gasteiger partial charge in [0.25, 0.3) is 0 Å². The zero-order valence-electron chi connectivity index (χ0n) is 9.18. The zero-order valence-corrected chi connectivity index (χ0v) is 10.00. The number of carboxylic acid groups (broad SMARTS) is 2. The lowest BCUT2D eigenvalue weighted by molar-refractivity contribution is -0.139. The first-order chi connectivity index (χ1) is 7.45. The Labute approximate surface area is 98.6 Å². The van der Waals surface area contributed by atoms with Crippen LogP contribution in [0.5, 0.6) is 0 Å². The molecule has 6 nitrogen and oxygen atoms in total. The molecular formula is C9H18N2O4S. The number of rotatable bonds is 9. The highest BCUT2D eigenvalue weighted by atomic mass is 32.2. The lowest BCUT2D eigenvalue weighted by Crippen LogP contribution is -2.35. The summed E-state index contributed by atoms with van der Waals surface area (Å²) < 4.78 is 0. The van der Waals surface area contributed by atoms with Gasteiger partial charge in [-0.2, -0.15) is 11.8 Å². The molecule has 0 heterocycles. The van der Waals surface area contributed by atoms with Gasteiger partial charge in [0, 0.05) is 12.3 Å². The average Bonchev–Trinajstić information content (AvgIpc) is 2.21. The van der Waals surface area contributed by atoms with E-state index in [1.165, 1.54) is 0 Å². The van der Waals surface area contributed by atoms with Crippen molar-refractivity contribution in [3.8, 4) is 0 Å². The van der Waals surface area contributed by atoms with E-state index in [1.54, 1.807) is 18.7 Å². The van der Waals surface area contributed by atoms with E-state index in [-0.39, 0.29) is 0 Å². The maximum absolute atomic E-state index is 10.4. The van der Waals surface area contributed by atoms with Gasteiger partial charge < -0.3 is 21.3 Å². The highest BCUT2D eigenvalue weighted by Gasteiger charge is 2.11. The third-order valence-electron chi connectivity index (χ3n) is 1.96. The quantitative estimate of drug-likeness (QED) is 0.411. The molecule has 1 unspecified atom stereocenters. The number of hydrogen-bond acceptors (Lipinski definition) is 5. The molecule has 5 N–H and O–H groups in total. The molecule has 2 atom stereocenters. The van der Waals surface area contributed by atoms with E-state index in [4.69, 9.17) is 15.9 Å². The molecule has 0 aliphatic rings. The first-order valence-electron chi connectivity index (χ1n) is 4.97. The molecule has 0 radical (unpaired) electrons. The van der Waals surface area contributed by atoms with E-state index in [2.05, 4.69) is 5.32 Å². The predicted octanol–water partition coefficient (Wildman–Crippen LogP) is -0.416. The van der Waals surface area contributed by atoms with Crippen molar-refractivity contribution >= 4 is 23.7 Å². The Balaban J connectivity index is 3.34. The van der Waals surface area contributed by atoms with Gasteiger partial charge in [-0.05, 0) is 19.1 Å². The van der Waals surface area contributed by atoms with Crippen molar-refractivity contribution in [1.82, 2.24) is 5.32 Å². The van der Waals surface area contributed by atoms with E-state index < -0.39 is 24.0 Å². The molecule has 0 aromatic heterocycles. The van der Waals surface area contributed by atoms with Gasteiger partial charge in [-0.15, -0.1) is 0 Å². The molecular weight excluding hydrogens is 232 g/mol. The molecule has 0 aromatic rings. The van der Waals surface area contributed by atoms with Crippen molar-refractivity contribution in [2.75, 3.05) is 18.1 Å². The Morgan fingerprint density at radius 2 is 1.94 bits per heavy atom. The second kappa shape index (κ2) is 8.37. The number of aliphatic carboxylic acids is 2. The number of hydrogen-bond donors (Lipinski definition) is 4. The number of carboxylic acids is 2. The van der Waals surface area contributed by atoms with E-state index >= 15 is 0 Å². The minimum Gasteiger partial charge on any atom is -0.480 e. The molecule has 0 bridgehead atoms. The van der Waals surface area contributed by atoms with Gasteiger partial charge >= 0.3 is 11.9 Å². The minimum atomic E-state index is -0.988. The molecule has 0 spiro atoms. The molecule has 0 aromatic carbocycles. The fourth-order valence-electron chi connectivity index (χ4n) is 0.871. The van der Waals surface area contributed by atoms with Crippen LogP contribution in [0.4, 0.5) is 0 Å². The second-order valence-electron chi connectivity index (χ2n) is 3.36. The molecule has 94 valence electrons. The summed E-state index contributed by atoms with van der Waals surface area (Å²) >= 11 is 1.55. The lowest BCUT2D eigenvalue weighted by Gasteiger charge is -2.09. The second-order valence-corrected chi connectivity index (χ2v) is 4.58. The van der Waals surface area contributed by atoms with Crippen LogP contribution in [0.15, 0.2) is 0 Å². The highest BCUT2D eigenvalue weighted by molar-refractivity contribution is 7.99. The number of nitrogens with two attached hydrogens (primary N) is 1. The van der Waals surface area contributed by atoms with Crippen molar-refractivity contribution in [1.29, 1.82) is 0 Å². The van der Waals surface area contributed by atoms with E-state index in [0.717, 1.165) is 5.75 Å². The van der Waals surface area contributed by atoms with Crippen LogP contribution in [0, 0.1) is 0 Å². The third kappa shape index (κ3) is 7.49. The van der Waals surface area contributed by atoms with Gasteiger partial charge in [-0.25, -0.2) is 0 Å². The predicted molar refractivity (Wildman–Crippen MR) is 62.7 cm³/mol. The van der Waals surface area contributed by atoms with Crippen LogP contribution in [0.3, 0.4) is 0 Å². The van der Waals surface area contributed by atoms with Crippen LogP contribution in [-0.2, 0) is 9.59 Å². The topological polar surface area (TPSA) is 113 Å². The molecule has 0 aliphatic carbocycles. The molecule has 0 saturated heterocycles. The molecule has 0 fully saturated rings. The standard InChI is InChI=1S/C9H18N2O4S/c1-6(8(12)13)11-3-5-16-4-2-7(10)9(14)15/h6-7,11H,2-5,10H2,1H3,(H,12,13)(H,14,15)/t6-,7?/m0/s1. The molecule has 0 saturated carbocycles. The Bertz CT molecular complexity index is 214. The monoisotopic (exact) mass is 250 g/mol. The summed E-state index contributed by atoms with van der Waals surface area (Å²) in [6.45, 7) is 2.16. The summed E-state index contributed by atoms with van der Waals surface area (Å²) in [5.74, 6) is -0.461. The van der Waals surface area contributed by atoms with E-state index in [1.807, 2.05) is 0 Å². The van der Waals surface area contributed by atoms with Crippen molar-refractivity contribution < 1.29 is 19.8 Å². The third-order valence-corrected chi connectivity index (χ3v) is 2.97. The summed E-state index contributed by atoms with van der Waals surface area (Å²) in [7, 11) is 0. The van der Waals surface area contributed by atoms with Crippen molar-refractivity contribution in [3.63, 3.8) is 0 Å². The van der Waals surface area contributed by atoms with Gasteiger partial charge in [0.15, 0.2) is 0 Å². The van der Waals surface area contributed by atoms with Gasteiger partial charge in [0.2, 0.25) is 0 Å². The van der Waals surface area contributed by atoms with Gasteiger partial charge in [-0.1, -0.05) is 0 Å². The Hall–Kier alpha value is -0.790. The van der Waals surface area contributed by atoms with Crippen LogP contribution in [0.1, 0.15) is 13.3 Å². The number of carbonyl (C=O) groups is 2. The SMILES string of the molecule is C[C@H](NCCSCCC(N)C(=O)O)C(=O)O. The Morgan fingerprint density at radius 3 is 2.44 bits per heavy atom. The maximum Gasteiger partial charge on any atom is 0.320 e. The average molecular weight is 250 g/mol. The first kappa shape index (κ1) is 15.2. The smallest absolute Gasteiger partial charge is 0.320 e. The summed E-state index contributed by atoms with van der Waals surface area (Å²) in [5, 5.41) is 19.9. The Morgan fingerprint density at radius 1 is 1.31 bits per heavy atom. The first-order valence-corrected chi connectivity index (χ1v) is 6.13. The van der Waals surface area contributed by atoms with Crippen molar-refractivity contribution in [2.45, 2.75) is 25.4 Å². The van der Waals surface area contributed by atoms with Gasteiger partial charge in [-0.3, -0.25) is 9.59 Å². The van der Waals surface area contributed by atoms with E-state index in [9.17, 15) is 9.59 Å². The van der Waals surface area contributed by atoms with Crippen LogP contribution >= 0.6 is 11.8 Å². The fraction of sp³-hybridized carbons (Fsp3) is 0.778. The fourth-order valence-corrected chi connectivity index (χ4v) is 1.76. The minimum absolute atomic E-state index is 0.425. The molecule has 16 heavy (non-hydrogen) atoms. The molecule has 0 aliphatic heterocycles. The largest absolute Gasteiger partial charge is 0.480 e. The van der Waals surface area contributed by atoms with Crippen LogP contribution in [0.25, 0.3) is 0 Å². The van der Waals surface area contributed by atoms with Crippen LogP contribution in [-0.4, -0.2) is 52.3 Å². The number of thioether (sulfide) groups is 1. The molecule has 0 amide bonds. The Kier molecular flexibility index (Phi) is 7.96. The van der Waals surface area contributed by atoms with Crippen LogP contribution in [0.2, 0.25) is 0 Å². The highest BCUT2D eigenvalue weighted by Crippen LogP contribution is 2.03. The normalized spacial score (nSPS) is 14.4. The number of nitrogens with one attached hydrogen (secondary N) is 1. The zero-order chi connectivity index (χ0) is 12.6. The van der Waals surface area contributed by atoms with E-state index in [0.29, 0.717) is 18.7 Å². The van der Waals surface area contributed by atoms with Crippen molar-refractivity contribution in [2.24, 2.45) is 5.73 Å². The molecule has 7 heteroatoms.